The van der Waals surface area contributed by atoms with E-state index >= 15 is 0 Å². The van der Waals surface area contributed by atoms with Crippen LogP contribution in [0.1, 0.15) is 93.1 Å². The van der Waals surface area contributed by atoms with Crippen LogP contribution < -0.4 is 0 Å². The number of aliphatic hydroxyl groups excluding tert-OH is 1. The summed E-state index contributed by atoms with van der Waals surface area (Å²) in [6.07, 6.45) is 8.12. The maximum Gasteiger partial charge on any atom is 0.220 e. The van der Waals surface area contributed by atoms with Gasteiger partial charge in [-0.1, -0.05) is 62.8 Å². The van der Waals surface area contributed by atoms with Crippen LogP contribution >= 0.6 is 0 Å². The van der Waals surface area contributed by atoms with Gasteiger partial charge in [0.05, 0.1) is 36.4 Å². The molecular weight excluding hydrogens is 676 g/mol. The number of methoxy groups -OCH3 is 3. The van der Waals surface area contributed by atoms with E-state index < -0.39 is 23.7 Å². The average molecular weight is 749 g/mol. The summed E-state index contributed by atoms with van der Waals surface area (Å²) in [5.74, 6) is -0.906. The molecule has 4 unspecified atom stereocenters. The first kappa shape index (κ1) is 48.7. The Morgan fingerprint density at radius 2 is 1.64 bits per heavy atom. The molecular formula is C42H72N2O9. The molecule has 2 aliphatic rings. The maximum absolute atomic E-state index is 12.5. The zero-order valence-electron chi connectivity index (χ0n) is 35.0. The largest absolute Gasteiger partial charge is 0.381 e. The summed E-state index contributed by atoms with van der Waals surface area (Å²) >= 11 is 0. The minimum atomic E-state index is -1.01. The van der Waals surface area contributed by atoms with Gasteiger partial charge in [-0.15, -0.1) is 0 Å². The third-order valence-electron chi connectivity index (χ3n) is 10.6. The van der Waals surface area contributed by atoms with Gasteiger partial charge in [-0.3, -0.25) is 4.79 Å². The highest BCUT2D eigenvalue weighted by atomic mass is 16.7. The van der Waals surface area contributed by atoms with Crippen molar-refractivity contribution in [1.82, 2.24) is 9.80 Å². The fourth-order valence-corrected chi connectivity index (χ4v) is 7.38. The Morgan fingerprint density at radius 1 is 1.06 bits per heavy atom. The van der Waals surface area contributed by atoms with Crippen molar-refractivity contribution in [2.75, 3.05) is 48.6 Å². The smallest absolute Gasteiger partial charge is 0.220 e. The number of aliphatic hydroxyl groups is 1. The van der Waals surface area contributed by atoms with Gasteiger partial charge >= 0.3 is 0 Å². The van der Waals surface area contributed by atoms with E-state index in [1.54, 1.807) is 28.3 Å². The lowest BCUT2D eigenvalue weighted by molar-refractivity contribution is -0.437. The van der Waals surface area contributed by atoms with Crippen molar-refractivity contribution < 1.29 is 43.2 Å². The molecule has 2 saturated heterocycles. The second-order valence-electron chi connectivity index (χ2n) is 15.4. The highest BCUT2D eigenvalue weighted by Gasteiger charge is 2.54. The van der Waals surface area contributed by atoms with Gasteiger partial charge in [0.25, 0.3) is 0 Å². The Balaban J connectivity index is 0.000000561. The van der Waals surface area contributed by atoms with Crippen LogP contribution in [0.15, 0.2) is 42.0 Å². The van der Waals surface area contributed by atoms with E-state index in [0.29, 0.717) is 57.0 Å². The molecule has 3 rings (SSSR count). The highest BCUT2D eigenvalue weighted by molar-refractivity contribution is 5.94. The van der Waals surface area contributed by atoms with Crippen molar-refractivity contribution in [3.63, 3.8) is 0 Å². The molecule has 0 spiro atoms. The Morgan fingerprint density at radius 3 is 2.09 bits per heavy atom. The van der Waals surface area contributed by atoms with E-state index in [2.05, 4.69) is 39.8 Å². The lowest BCUT2D eigenvalue weighted by Crippen LogP contribution is -2.72. The fourth-order valence-electron chi connectivity index (χ4n) is 7.38. The molecule has 0 radical (unpaired) electrons. The van der Waals surface area contributed by atoms with Crippen molar-refractivity contribution in [3.8, 4) is 0 Å². The van der Waals surface area contributed by atoms with Gasteiger partial charge in [0, 0.05) is 46.3 Å². The van der Waals surface area contributed by atoms with E-state index in [1.807, 2.05) is 69.0 Å². The van der Waals surface area contributed by atoms with Crippen LogP contribution in [-0.2, 0) is 44.5 Å². The van der Waals surface area contributed by atoms with Crippen molar-refractivity contribution in [2.24, 2.45) is 17.8 Å². The van der Waals surface area contributed by atoms with Crippen LogP contribution in [0.3, 0.4) is 0 Å². The molecule has 1 aromatic carbocycles. The van der Waals surface area contributed by atoms with Crippen molar-refractivity contribution in [1.29, 1.82) is 0 Å². The fraction of sp³-hybridized carbons (Fsp3) is 0.738. The number of ketones is 1. The summed E-state index contributed by atoms with van der Waals surface area (Å²) in [6, 6.07) is 10.4. The predicted octanol–water partition coefficient (Wildman–Crippen LogP) is 6.10. The SMILES string of the molecule is CC1CC(N(C)C)CC(C)O1.CC[C@@H](OC)[C@@]1(C)OC(O)N1C/C(=C/COC)[C@H](C)C[C@](C)(C[C@@H](C)C(=O)C(C)C=O)OC.O=CCc1ccccc1. The lowest BCUT2D eigenvalue weighted by atomic mass is 9.79. The number of rotatable bonds is 19. The molecule has 0 saturated carbocycles. The molecule has 0 aromatic heterocycles. The molecule has 11 nitrogen and oxygen atoms in total. The molecule has 0 amide bonds. The predicted molar refractivity (Wildman–Crippen MR) is 209 cm³/mol. The van der Waals surface area contributed by atoms with E-state index in [4.69, 9.17) is 23.7 Å². The van der Waals surface area contributed by atoms with Gasteiger partial charge in [0.15, 0.2) is 5.72 Å². The van der Waals surface area contributed by atoms with Crippen LogP contribution in [0.2, 0.25) is 0 Å². The molecule has 9 atom stereocenters. The van der Waals surface area contributed by atoms with Gasteiger partial charge in [-0.2, -0.15) is 0 Å². The molecule has 0 aliphatic carbocycles. The minimum absolute atomic E-state index is 0.0714. The van der Waals surface area contributed by atoms with Gasteiger partial charge in [0.1, 0.15) is 18.4 Å². The number of hydrogen-bond donors (Lipinski definition) is 1. The average Bonchev–Trinajstić information content (AvgIpc) is 3.12. The Bertz CT molecular complexity index is 1220. The van der Waals surface area contributed by atoms with Gasteiger partial charge in [0.2, 0.25) is 6.41 Å². The molecule has 53 heavy (non-hydrogen) atoms. The van der Waals surface area contributed by atoms with Gasteiger partial charge in [-0.05, 0) is 92.3 Å². The van der Waals surface area contributed by atoms with Gasteiger partial charge in [-0.25, -0.2) is 4.90 Å². The molecule has 1 aromatic rings. The van der Waals surface area contributed by atoms with Crippen LogP contribution in [-0.4, -0.2) is 124 Å². The number of Topliss-reactive ketones (excluding diaryl/α,β-unsaturated/α-hetero) is 1. The van der Waals surface area contributed by atoms with E-state index in [1.165, 1.54) is 12.8 Å². The number of benzene rings is 1. The monoisotopic (exact) mass is 749 g/mol. The summed E-state index contributed by atoms with van der Waals surface area (Å²) in [6.45, 7) is 16.8. The maximum atomic E-state index is 12.5. The first-order chi connectivity index (χ1) is 24.9. The molecule has 2 fully saturated rings. The number of hydrogen-bond acceptors (Lipinski definition) is 11. The second-order valence-corrected chi connectivity index (χ2v) is 15.4. The first-order valence-corrected chi connectivity index (χ1v) is 19.1. The van der Waals surface area contributed by atoms with E-state index in [-0.39, 0.29) is 23.7 Å². The Kier molecular flexibility index (Phi) is 22.2. The number of nitrogens with zero attached hydrogens (tertiary/aromatic N) is 2. The topological polar surface area (TPSA) is 124 Å². The zero-order chi connectivity index (χ0) is 40.4. The Labute approximate surface area is 320 Å². The third-order valence-corrected chi connectivity index (χ3v) is 10.6. The summed E-state index contributed by atoms with van der Waals surface area (Å²) in [5, 5.41) is 10.4. The van der Waals surface area contributed by atoms with Crippen molar-refractivity contribution in [2.45, 2.75) is 136 Å². The quantitative estimate of drug-likeness (QED) is 0.100. The first-order valence-electron chi connectivity index (χ1n) is 19.1. The zero-order valence-corrected chi connectivity index (χ0v) is 35.0. The molecule has 2 aliphatic heterocycles. The molecule has 304 valence electrons. The van der Waals surface area contributed by atoms with Crippen LogP contribution in [0.25, 0.3) is 0 Å². The summed E-state index contributed by atoms with van der Waals surface area (Å²) in [7, 11) is 9.24. The number of ether oxygens (including phenoxy) is 5. The molecule has 1 N–H and O–H groups in total. The van der Waals surface area contributed by atoms with E-state index in [0.717, 1.165) is 23.8 Å². The van der Waals surface area contributed by atoms with Gasteiger partial charge < -0.3 is 43.3 Å². The second kappa shape index (κ2) is 24.2. The number of carbonyl (C=O) groups excluding carboxylic acids is 3. The highest BCUT2D eigenvalue weighted by Crippen LogP contribution is 2.40. The van der Waals surface area contributed by atoms with Crippen LogP contribution in [0.4, 0.5) is 0 Å². The third kappa shape index (κ3) is 15.7. The van der Waals surface area contributed by atoms with Crippen molar-refractivity contribution in [3.05, 3.63) is 47.5 Å². The molecule has 11 heteroatoms. The summed E-state index contributed by atoms with van der Waals surface area (Å²) < 4.78 is 28.1. The molecule has 2 heterocycles. The Hall–Kier alpha value is -2.35. The summed E-state index contributed by atoms with van der Waals surface area (Å²) in [4.78, 5) is 37.7. The lowest BCUT2D eigenvalue weighted by Gasteiger charge is -2.56. The normalized spacial score (nSPS) is 26.7. The van der Waals surface area contributed by atoms with Crippen LogP contribution in [0.5, 0.6) is 0 Å². The number of aldehydes is 2. The molecule has 0 bridgehead atoms. The number of carbonyl (C=O) groups is 3. The summed E-state index contributed by atoms with van der Waals surface area (Å²) in [5.41, 5.74) is 0.868. The van der Waals surface area contributed by atoms with Crippen molar-refractivity contribution >= 4 is 18.4 Å². The van der Waals surface area contributed by atoms with E-state index in [9.17, 15) is 19.5 Å². The minimum Gasteiger partial charge on any atom is -0.381 e. The standard InChI is InChI=1S/C25H45NO7.C9H19NO.C8H8O/c1-10-21(31-8)25(6)26(23(29)33-25)15-20(11-12-30-7)17(2)13-24(5,32-9)14-18(3)22(28)19(4)16-27;1-7-5-9(10(3)4)6-8(2)11-7;9-7-6-8-4-2-1-3-5-8/h11,16-19,21,23,29H,10,12-15H2,1-9H3;7-9H,5-6H2,1-4H3;1-5,7H,6H2/b20-11-;;/t17-,18-,19?,21-,23?,24-,25-;;/m1../s1. The van der Waals surface area contributed by atoms with Crippen LogP contribution in [0, 0.1) is 17.8 Å².